The van der Waals surface area contributed by atoms with Crippen LogP contribution < -0.4 is 15.4 Å². The number of amides is 1. The maximum Gasteiger partial charge on any atom is 0.236 e. The number of benzene rings is 1. The number of rotatable bonds is 7. The number of halogens is 1. The molecule has 1 aromatic rings. The highest BCUT2D eigenvalue weighted by Crippen LogP contribution is 2.17. The summed E-state index contributed by atoms with van der Waals surface area (Å²) in [4.78, 5) is 11.2. The molecule has 0 bridgehead atoms. The zero-order valence-corrected chi connectivity index (χ0v) is 12.6. The lowest BCUT2D eigenvalue weighted by Crippen LogP contribution is -2.44. The number of nitrogens with one attached hydrogen (secondary N) is 2. The van der Waals surface area contributed by atoms with Crippen LogP contribution in [0.25, 0.3) is 0 Å². The Kier molecular flexibility index (Phi) is 6.83. The van der Waals surface area contributed by atoms with Gasteiger partial charge in [0, 0.05) is 18.1 Å². The first kappa shape index (κ1) is 15.9. The standard InChI is InChI=1S/C13H19BrN2O3/c1-9(13(18)15-2)16-7-11(17)8-19-12-5-3-4-10(14)6-12/h3-6,9,11,16-17H,7-8H2,1-2H3,(H,15,18). The summed E-state index contributed by atoms with van der Waals surface area (Å²) in [6.45, 7) is 2.20. The largest absolute Gasteiger partial charge is 0.491 e. The van der Waals surface area contributed by atoms with E-state index in [-0.39, 0.29) is 18.6 Å². The minimum absolute atomic E-state index is 0.111. The lowest BCUT2D eigenvalue weighted by atomic mass is 10.3. The van der Waals surface area contributed by atoms with Crippen molar-refractivity contribution >= 4 is 21.8 Å². The Labute approximate surface area is 121 Å². The summed E-state index contributed by atoms with van der Waals surface area (Å²) in [5.41, 5.74) is 0. The van der Waals surface area contributed by atoms with Crippen LogP contribution in [0.3, 0.4) is 0 Å². The predicted molar refractivity (Wildman–Crippen MR) is 77.2 cm³/mol. The molecule has 19 heavy (non-hydrogen) atoms. The van der Waals surface area contributed by atoms with Crippen LogP contribution in [0.1, 0.15) is 6.92 Å². The Morgan fingerprint density at radius 2 is 2.26 bits per heavy atom. The fraction of sp³-hybridized carbons (Fsp3) is 0.462. The summed E-state index contributed by atoms with van der Waals surface area (Å²) in [5.74, 6) is 0.577. The molecular formula is C13H19BrN2O3. The van der Waals surface area contributed by atoms with Crippen molar-refractivity contribution in [3.63, 3.8) is 0 Å². The third-order valence-electron chi connectivity index (χ3n) is 2.54. The molecule has 0 heterocycles. The van der Waals surface area contributed by atoms with Gasteiger partial charge in [0.1, 0.15) is 18.5 Å². The van der Waals surface area contributed by atoms with Gasteiger partial charge in [-0.3, -0.25) is 4.79 Å². The van der Waals surface area contributed by atoms with E-state index in [1.165, 1.54) is 0 Å². The van der Waals surface area contributed by atoms with E-state index in [0.717, 1.165) is 4.47 Å². The SMILES string of the molecule is CNC(=O)C(C)NCC(O)COc1cccc(Br)c1. The van der Waals surface area contributed by atoms with Crippen molar-refractivity contribution in [3.05, 3.63) is 28.7 Å². The van der Waals surface area contributed by atoms with Crippen molar-refractivity contribution in [3.8, 4) is 5.75 Å². The molecule has 0 aliphatic heterocycles. The smallest absolute Gasteiger partial charge is 0.236 e. The fourth-order valence-corrected chi connectivity index (χ4v) is 1.81. The van der Waals surface area contributed by atoms with Gasteiger partial charge in [-0.1, -0.05) is 22.0 Å². The highest BCUT2D eigenvalue weighted by Gasteiger charge is 2.12. The number of aliphatic hydroxyl groups excluding tert-OH is 1. The Morgan fingerprint density at radius 1 is 1.53 bits per heavy atom. The first-order chi connectivity index (χ1) is 9.02. The molecule has 0 spiro atoms. The third kappa shape index (κ3) is 6.04. The van der Waals surface area contributed by atoms with Crippen molar-refractivity contribution in [1.82, 2.24) is 10.6 Å². The Bertz CT molecular complexity index is 415. The summed E-state index contributed by atoms with van der Waals surface area (Å²) in [5, 5.41) is 15.2. The number of hydrogen-bond acceptors (Lipinski definition) is 4. The van der Waals surface area contributed by atoms with Crippen molar-refractivity contribution in [2.75, 3.05) is 20.2 Å². The van der Waals surface area contributed by atoms with E-state index >= 15 is 0 Å². The van der Waals surface area contributed by atoms with E-state index in [4.69, 9.17) is 4.74 Å². The van der Waals surface area contributed by atoms with Gasteiger partial charge in [-0.05, 0) is 25.1 Å². The third-order valence-corrected chi connectivity index (χ3v) is 3.03. The average Bonchev–Trinajstić information content (AvgIpc) is 2.41. The second kappa shape index (κ2) is 8.14. The minimum atomic E-state index is -0.675. The summed E-state index contributed by atoms with van der Waals surface area (Å²) in [6.07, 6.45) is -0.675. The van der Waals surface area contributed by atoms with Crippen LogP contribution in [0, 0.1) is 0 Å². The maximum atomic E-state index is 11.2. The number of likely N-dealkylation sites (N-methyl/N-ethyl adjacent to an activating group) is 1. The van der Waals surface area contributed by atoms with Crippen molar-refractivity contribution in [2.45, 2.75) is 19.1 Å². The first-order valence-corrected chi connectivity index (χ1v) is 6.83. The molecule has 0 aliphatic rings. The van der Waals surface area contributed by atoms with Gasteiger partial charge in [0.25, 0.3) is 0 Å². The van der Waals surface area contributed by atoms with E-state index in [0.29, 0.717) is 12.3 Å². The number of carbonyl (C=O) groups excluding carboxylic acids is 1. The molecule has 2 atom stereocenters. The number of aliphatic hydroxyl groups is 1. The highest BCUT2D eigenvalue weighted by atomic mass is 79.9. The van der Waals surface area contributed by atoms with E-state index in [9.17, 15) is 9.90 Å². The van der Waals surface area contributed by atoms with Crippen LogP contribution in [-0.2, 0) is 4.79 Å². The molecule has 0 saturated heterocycles. The highest BCUT2D eigenvalue weighted by molar-refractivity contribution is 9.10. The van der Waals surface area contributed by atoms with Crippen LogP contribution in [0.2, 0.25) is 0 Å². The molecule has 2 unspecified atom stereocenters. The average molecular weight is 331 g/mol. The molecule has 1 amide bonds. The van der Waals surface area contributed by atoms with E-state index in [2.05, 4.69) is 26.6 Å². The molecule has 1 aromatic carbocycles. The van der Waals surface area contributed by atoms with Gasteiger partial charge in [-0.15, -0.1) is 0 Å². The monoisotopic (exact) mass is 330 g/mol. The van der Waals surface area contributed by atoms with Gasteiger partial charge >= 0.3 is 0 Å². The van der Waals surface area contributed by atoms with Crippen LogP contribution in [-0.4, -0.2) is 43.4 Å². The fourth-order valence-electron chi connectivity index (χ4n) is 1.43. The Balaban J connectivity index is 2.28. The Hall–Kier alpha value is -1.11. The predicted octanol–water partition coefficient (Wildman–Crippen LogP) is 0.913. The summed E-state index contributed by atoms with van der Waals surface area (Å²) in [6, 6.07) is 7.06. The zero-order chi connectivity index (χ0) is 14.3. The van der Waals surface area contributed by atoms with Gasteiger partial charge in [0.05, 0.1) is 6.04 Å². The van der Waals surface area contributed by atoms with E-state index in [1.807, 2.05) is 24.3 Å². The summed E-state index contributed by atoms with van der Waals surface area (Å²) >= 11 is 3.34. The number of ether oxygens (including phenoxy) is 1. The molecule has 0 fully saturated rings. The number of carbonyl (C=O) groups is 1. The van der Waals surface area contributed by atoms with Crippen molar-refractivity contribution in [1.29, 1.82) is 0 Å². The zero-order valence-electron chi connectivity index (χ0n) is 11.0. The maximum absolute atomic E-state index is 11.2. The summed E-state index contributed by atoms with van der Waals surface area (Å²) in [7, 11) is 1.58. The van der Waals surface area contributed by atoms with E-state index in [1.54, 1.807) is 14.0 Å². The topological polar surface area (TPSA) is 70.6 Å². The molecule has 3 N–H and O–H groups in total. The minimum Gasteiger partial charge on any atom is -0.491 e. The van der Waals surface area contributed by atoms with Crippen molar-refractivity contribution < 1.29 is 14.6 Å². The van der Waals surface area contributed by atoms with Crippen LogP contribution in [0.5, 0.6) is 5.75 Å². The van der Waals surface area contributed by atoms with Crippen molar-refractivity contribution in [2.24, 2.45) is 0 Å². The van der Waals surface area contributed by atoms with Gasteiger partial charge < -0.3 is 20.5 Å². The molecule has 1 rings (SSSR count). The molecule has 0 aliphatic carbocycles. The van der Waals surface area contributed by atoms with Gasteiger partial charge in [0.15, 0.2) is 0 Å². The second-order valence-corrected chi connectivity index (χ2v) is 5.08. The lowest BCUT2D eigenvalue weighted by Gasteiger charge is -2.16. The first-order valence-electron chi connectivity index (χ1n) is 6.04. The van der Waals surface area contributed by atoms with Gasteiger partial charge in [-0.2, -0.15) is 0 Å². The quantitative estimate of drug-likeness (QED) is 0.695. The molecule has 106 valence electrons. The lowest BCUT2D eigenvalue weighted by molar-refractivity contribution is -0.122. The number of hydrogen-bond donors (Lipinski definition) is 3. The van der Waals surface area contributed by atoms with Gasteiger partial charge in [-0.25, -0.2) is 0 Å². The Morgan fingerprint density at radius 3 is 2.89 bits per heavy atom. The molecule has 6 heteroatoms. The summed E-state index contributed by atoms with van der Waals surface area (Å²) < 4.78 is 6.37. The second-order valence-electron chi connectivity index (χ2n) is 4.17. The van der Waals surface area contributed by atoms with Crippen LogP contribution >= 0.6 is 15.9 Å². The van der Waals surface area contributed by atoms with E-state index < -0.39 is 6.10 Å². The molecule has 0 saturated carbocycles. The molecule has 0 aromatic heterocycles. The molecular weight excluding hydrogens is 312 g/mol. The van der Waals surface area contributed by atoms with Crippen LogP contribution in [0.15, 0.2) is 28.7 Å². The normalized spacial score (nSPS) is 13.7. The van der Waals surface area contributed by atoms with Gasteiger partial charge in [0.2, 0.25) is 5.91 Å². The van der Waals surface area contributed by atoms with Crippen LogP contribution in [0.4, 0.5) is 0 Å². The molecule has 0 radical (unpaired) electrons. The molecule has 5 nitrogen and oxygen atoms in total.